The predicted octanol–water partition coefficient (Wildman–Crippen LogP) is -0.866. The summed E-state index contributed by atoms with van der Waals surface area (Å²) in [5.41, 5.74) is 1.80. The van der Waals surface area contributed by atoms with Gasteiger partial charge in [0.05, 0.1) is 12.3 Å². The maximum atomic E-state index is 13.6. The van der Waals surface area contributed by atoms with Gasteiger partial charge in [0.2, 0.25) is 5.60 Å². The first-order valence-corrected chi connectivity index (χ1v) is 6.69. The van der Waals surface area contributed by atoms with E-state index < -0.39 is 53.1 Å². The fourth-order valence-electron chi connectivity index (χ4n) is 2.52. The van der Waals surface area contributed by atoms with Crippen molar-refractivity contribution in [2.24, 2.45) is 0 Å². The standard InChI is InChI=1S/C13H16FN3O6/c1-5-9(23-7(3)19)13(21,6(2)18)11(22-5)17-4-8(14)10(15)16-12(17)20/h4-5,9,11,21H,1-3H3,(H2,15,16,20)/t5-,9-,11-,13-/m1/s1. The molecule has 0 unspecified atom stereocenters. The van der Waals surface area contributed by atoms with Crippen molar-refractivity contribution in [1.82, 2.24) is 9.55 Å². The van der Waals surface area contributed by atoms with E-state index >= 15 is 0 Å². The third kappa shape index (κ3) is 2.70. The van der Waals surface area contributed by atoms with Crippen molar-refractivity contribution in [3.63, 3.8) is 0 Å². The van der Waals surface area contributed by atoms with Crippen LogP contribution in [0.1, 0.15) is 27.0 Å². The molecule has 1 aliphatic heterocycles. The van der Waals surface area contributed by atoms with Gasteiger partial charge in [-0.25, -0.2) is 9.18 Å². The molecular formula is C13H16FN3O6. The number of carbonyl (C=O) groups excluding carboxylic acids is 2. The van der Waals surface area contributed by atoms with Crippen LogP contribution in [0.5, 0.6) is 0 Å². The molecule has 0 aliphatic carbocycles. The molecular weight excluding hydrogens is 313 g/mol. The van der Waals surface area contributed by atoms with Gasteiger partial charge >= 0.3 is 11.7 Å². The van der Waals surface area contributed by atoms with Gasteiger partial charge in [-0.1, -0.05) is 0 Å². The smallest absolute Gasteiger partial charge is 0.351 e. The van der Waals surface area contributed by atoms with Crippen LogP contribution in [0.15, 0.2) is 11.0 Å². The van der Waals surface area contributed by atoms with E-state index in [-0.39, 0.29) is 0 Å². The molecule has 0 aromatic carbocycles. The molecule has 1 aromatic heterocycles. The molecule has 23 heavy (non-hydrogen) atoms. The third-order valence-corrected chi connectivity index (χ3v) is 3.62. The number of Topliss-reactive ketones (excluding diaryl/α,β-unsaturated/α-hetero) is 1. The number of esters is 1. The number of ketones is 1. The summed E-state index contributed by atoms with van der Waals surface area (Å²) in [6, 6.07) is 0. The Morgan fingerprint density at radius 1 is 1.52 bits per heavy atom. The van der Waals surface area contributed by atoms with Crippen LogP contribution in [-0.2, 0) is 19.1 Å². The van der Waals surface area contributed by atoms with E-state index in [1.807, 2.05) is 0 Å². The summed E-state index contributed by atoms with van der Waals surface area (Å²) in [6.45, 7) is 3.57. The molecule has 0 saturated carbocycles. The highest BCUT2D eigenvalue weighted by atomic mass is 19.1. The number of anilines is 1. The quantitative estimate of drug-likeness (QED) is 0.684. The molecule has 10 heteroatoms. The molecule has 4 atom stereocenters. The number of nitrogen functional groups attached to an aromatic ring is 1. The number of hydrogen-bond donors (Lipinski definition) is 2. The van der Waals surface area contributed by atoms with E-state index in [9.17, 15) is 23.9 Å². The highest BCUT2D eigenvalue weighted by Crippen LogP contribution is 2.40. The number of halogens is 1. The second kappa shape index (κ2) is 5.70. The topological polar surface area (TPSA) is 134 Å². The molecule has 126 valence electrons. The molecule has 1 aromatic rings. The Labute approximate surface area is 129 Å². The molecule has 0 radical (unpaired) electrons. The number of carbonyl (C=O) groups is 2. The van der Waals surface area contributed by atoms with Crippen molar-refractivity contribution >= 4 is 17.6 Å². The summed E-state index contributed by atoms with van der Waals surface area (Å²) in [5, 5.41) is 10.8. The van der Waals surface area contributed by atoms with Gasteiger partial charge in [0.1, 0.15) is 0 Å². The fourth-order valence-corrected chi connectivity index (χ4v) is 2.52. The van der Waals surface area contributed by atoms with Gasteiger partial charge in [-0.2, -0.15) is 4.98 Å². The number of ether oxygens (including phenoxy) is 2. The number of aromatic nitrogens is 2. The summed E-state index contributed by atoms with van der Waals surface area (Å²) in [4.78, 5) is 38.4. The van der Waals surface area contributed by atoms with Crippen LogP contribution in [0.25, 0.3) is 0 Å². The van der Waals surface area contributed by atoms with Gasteiger partial charge in [-0.15, -0.1) is 0 Å². The van der Waals surface area contributed by atoms with E-state index in [0.29, 0.717) is 10.8 Å². The summed E-state index contributed by atoms with van der Waals surface area (Å²) >= 11 is 0. The number of rotatable bonds is 3. The highest BCUT2D eigenvalue weighted by molar-refractivity contribution is 5.87. The van der Waals surface area contributed by atoms with Crippen molar-refractivity contribution in [3.05, 3.63) is 22.5 Å². The van der Waals surface area contributed by atoms with Crippen LogP contribution in [0.3, 0.4) is 0 Å². The Hall–Kier alpha value is -2.33. The van der Waals surface area contributed by atoms with Gasteiger partial charge in [0.15, 0.2) is 29.8 Å². The lowest BCUT2D eigenvalue weighted by molar-refractivity contribution is -0.170. The molecule has 2 rings (SSSR count). The minimum atomic E-state index is -2.38. The first kappa shape index (κ1) is 17.0. The van der Waals surface area contributed by atoms with Crippen LogP contribution >= 0.6 is 0 Å². The maximum absolute atomic E-state index is 13.6. The second-order valence-electron chi connectivity index (χ2n) is 5.27. The zero-order valence-electron chi connectivity index (χ0n) is 12.6. The van der Waals surface area contributed by atoms with Crippen LogP contribution in [0.2, 0.25) is 0 Å². The first-order chi connectivity index (χ1) is 10.6. The van der Waals surface area contributed by atoms with Gasteiger partial charge in [-0.05, 0) is 13.8 Å². The van der Waals surface area contributed by atoms with E-state index in [0.717, 1.165) is 13.8 Å². The fraction of sp³-hybridized carbons (Fsp3) is 0.538. The third-order valence-electron chi connectivity index (χ3n) is 3.62. The monoisotopic (exact) mass is 329 g/mol. The SMILES string of the molecule is CC(=O)O[C@@H]1[C@@H](C)O[C@@H](n2cc(F)c(N)nc2=O)[C@@]1(O)C(C)=O. The summed E-state index contributed by atoms with van der Waals surface area (Å²) in [6.07, 6.45) is -3.23. The molecule has 0 bridgehead atoms. The molecule has 1 fully saturated rings. The molecule has 3 N–H and O–H groups in total. The Morgan fingerprint density at radius 2 is 2.13 bits per heavy atom. The lowest BCUT2D eigenvalue weighted by Gasteiger charge is -2.30. The Balaban J connectivity index is 2.58. The van der Waals surface area contributed by atoms with Gasteiger partial charge in [0.25, 0.3) is 0 Å². The average molecular weight is 329 g/mol. The van der Waals surface area contributed by atoms with Crippen LogP contribution in [-0.4, -0.2) is 44.2 Å². The minimum Gasteiger partial charge on any atom is -0.456 e. The van der Waals surface area contributed by atoms with E-state index in [1.165, 1.54) is 6.92 Å². The first-order valence-electron chi connectivity index (χ1n) is 6.69. The number of nitrogens with zero attached hydrogens (tertiary/aromatic N) is 2. The second-order valence-corrected chi connectivity index (χ2v) is 5.27. The molecule has 9 nitrogen and oxygen atoms in total. The lowest BCUT2D eigenvalue weighted by atomic mass is 9.90. The normalized spacial score (nSPS) is 30.2. The van der Waals surface area contributed by atoms with Crippen LogP contribution < -0.4 is 11.4 Å². The van der Waals surface area contributed by atoms with Crippen molar-refractivity contribution in [3.8, 4) is 0 Å². The summed E-state index contributed by atoms with van der Waals surface area (Å²) in [5.74, 6) is -3.22. The molecule has 1 saturated heterocycles. The van der Waals surface area contributed by atoms with Gasteiger partial charge in [0, 0.05) is 6.92 Å². The number of hydrogen-bond acceptors (Lipinski definition) is 8. The van der Waals surface area contributed by atoms with Crippen molar-refractivity contribution < 1.29 is 28.6 Å². The van der Waals surface area contributed by atoms with E-state index in [2.05, 4.69) is 4.98 Å². The largest absolute Gasteiger partial charge is 0.456 e. The van der Waals surface area contributed by atoms with Crippen molar-refractivity contribution in [2.45, 2.75) is 44.8 Å². The molecule has 2 heterocycles. The minimum absolute atomic E-state index is 0.604. The van der Waals surface area contributed by atoms with Crippen molar-refractivity contribution in [1.29, 1.82) is 0 Å². The molecule has 0 amide bonds. The highest BCUT2D eigenvalue weighted by Gasteiger charge is 2.61. The number of nitrogens with two attached hydrogens (primary N) is 1. The zero-order chi connectivity index (χ0) is 17.5. The summed E-state index contributed by atoms with van der Waals surface area (Å²) in [7, 11) is 0. The van der Waals surface area contributed by atoms with Crippen LogP contribution in [0.4, 0.5) is 10.2 Å². The van der Waals surface area contributed by atoms with Gasteiger partial charge < -0.3 is 20.3 Å². The maximum Gasteiger partial charge on any atom is 0.351 e. The Kier molecular flexibility index (Phi) is 4.22. The Bertz CT molecular complexity index is 720. The molecule has 1 aliphatic rings. The van der Waals surface area contributed by atoms with Crippen LogP contribution in [0, 0.1) is 5.82 Å². The van der Waals surface area contributed by atoms with Gasteiger partial charge in [-0.3, -0.25) is 14.2 Å². The molecule has 0 spiro atoms. The van der Waals surface area contributed by atoms with E-state index in [4.69, 9.17) is 15.2 Å². The lowest BCUT2D eigenvalue weighted by Crippen LogP contribution is -2.54. The average Bonchev–Trinajstić information content (AvgIpc) is 2.68. The predicted molar refractivity (Wildman–Crippen MR) is 73.6 cm³/mol. The van der Waals surface area contributed by atoms with Crippen molar-refractivity contribution in [2.75, 3.05) is 5.73 Å². The zero-order valence-corrected chi connectivity index (χ0v) is 12.6. The Morgan fingerprint density at radius 3 is 2.65 bits per heavy atom. The number of aliphatic hydroxyl groups is 1. The summed E-state index contributed by atoms with van der Waals surface area (Å²) < 4.78 is 24.6. The van der Waals surface area contributed by atoms with E-state index in [1.54, 1.807) is 0 Å².